The van der Waals surface area contributed by atoms with Gasteiger partial charge in [0.25, 0.3) is 0 Å². The summed E-state index contributed by atoms with van der Waals surface area (Å²) >= 11 is 3.33. The van der Waals surface area contributed by atoms with Crippen LogP contribution in [0.15, 0.2) is 34.5 Å². The van der Waals surface area contributed by atoms with Crippen LogP contribution in [0.25, 0.3) is 0 Å². The van der Waals surface area contributed by atoms with Gasteiger partial charge in [0.1, 0.15) is 11.6 Å². The van der Waals surface area contributed by atoms with Crippen LogP contribution in [0.3, 0.4) is 0 Å². The van der Waals surface area contributed by atoms with Crippen LogP contribution in [0.2, 0.25) is 0 Å². The summed E-state index contributed by atoms with van der Waals surface area (Å²) in [7, 11) is 0. The Morgan fingerprint density at radius 2 is 2.28 bits per heavy atom. The van der Waals surface area contributed by atoms with E-state index in [1.54, 1.807) is 6.07 Å². The number of hydrogen-bond donors (Lipinski definition) is 1. The summed E-state index contributed by atoms with van der Waals surface area (Å²) in [5.74, 6) is 0.666. The second kappa shape index (κ2) is 6.34. The van der Waals surface area contributed by atoms with E-state index in [4.69, 9.17) is 4.74 Å². The fraction of sp³-hybridized carbons (Fsp3) is 0.429. The molecule has 0 radical (unpaired) electrons. The van der Waals surface area contributed by atoms with E-state index < -0.39 is 0 Å². The standard InChI is InChI=1S/C14H17BrFNO/c1-2-17-14(13-5-3-4-6-18-13)10-7-11(15)9-12(16)8-10/h5,7-9,14,17H,2-4,6H2,1H3. The summed E-state index contributed by atoms with van der Waals surface area (Å²) in [5.41, 5.74) is 0.886. The van der Waals surface area contributed by atoms with Crippen molar-refractivity contribution in [3.8, 4) is 0 Å². The number of hydrogen-bond acceptors (Lipinski definition) is 2. The van der Waals surface area contributed by atoms with E-state index >= 15 is 0 Å². The van der Waals surface area contributed by atoms with Gasteiger partial charge in [-0.3, -0.25) is 0 Å². The molecule has 0 bridgehead atoms. The van der Waals surface area contributed by atoms with Crippen molar-refractivity contribution >= 4 is 15.9 Å². The van der Waals surface area contributed by atoms with E-state index in [1.165, 1.54) is 6.07 Å². The average molecular weight is 314 g/mol. The van der Waals surface area contributed by atoms with Gasteiger partial charge < -0.3 is 10.1 Å². The molecule has 0 aliphatic carbocycles. The van der Waals surface area contributed by atoms with Gasteiger partial charge in [-0.05, 0) is 49.2 Å². The van der Waals surface area contributed by atoms with Crippen molar-refractivity contribution in [2.75, 3.05) is 13.2 Å². The maximum atomic E-state index is 13.5. The molecule has 1 atom stereocenters. The van der Waals surface area contributed by atoms with Crippen LogP contribution in [-0.4, -0.2) is 13.2 Å². The predicted octanol–water partition coefficient (Wildman–Crippen LogP) is 3.93. The first kappa shape index (κ1) is 13.6. The van der Waals surface area contributed by atoms with Crippen LogP contribution in [0.4, 0.5) is 4.39 Å². The normalized spacial score (nSPS) is 16.9. The first-order chi connectivity index (χ1) is 8.70. The molecule has 1 unspecified atom stereocenters. The van der Waals surface area contributed by atoms with E-state index in [1.807, 2.05) is 13.0 Å². The summed E-state index contributed by atoms with van der Waals surface area (Å²) < 4.78 is 19.9. The minimum Gasteiger partial charge on any atom is -0.496 e. The number of ether oxygens (including phenoxy) is 1. The molecule has 2 nitrogen and oxygen atoms in total. The van der Waals surface area contributed by atoms with Crippen LogP contribution in [-0.2, 0) is 4.74 Å². The third-order valence-corrected chi connectivity index (χ3v) is 3.33. The maximum absolute atomic E-state index is 13.5. The molecule has 1 aliphatic rings. The van der Waals surface area contributed by atoms with Crippen LogP contribution in [0, 0.1) is 5.82 Å². The van der Waals surface area contributed by atoms with Gasteiger partial charge in [0.05, 0.1) is 12.6 Å². The fourth-order valence-corrected chi connectivity index (χ4v) is 2.59. The minimum atomic E-state index is -0.237. The molecule has 4 heteroatoms. The second-order valence-electron chi connectivity index (χ2n) is 4.29. The highest BCUT2D eigenvalue weighted by Crippen LogP contribution is 2.28. The quantitative estimate of drug-likeness (QED) is 0.909. The largest absolute Gasteiger partial charge is 0.496 e. The predicted molar refractivity (Wildman–Crippen MR) is 73.8 cm³/mol. The van der Waals surface area contributed by atoms with Gasteiger partial charge >= 0.3 is 0 Å². The monoisotopic (exact) mass is 313 g/mol. The first-order valence-electron chi connectivity index (χ1n) is 6.23. The zero-order valence-corrected chi connectivity index (χ0v) is 12.0. The summed E-state index contributed by atoms with van der Waals surface area (Å²) in [4.78, 5) is 0. The van der Waals surface area contributed by atoms with Gasteiger partial charge in [0.2, 0.25) is 0 Å². The zero-order chi connectivity index (χ0) is 13.0. The Kier molecular flexibility index (Phi) is 4.78. The molecule has 0 saturated carbocycles. The van der Waals surface area contributed by atoms with E-state index in [9.17, 15) is 4.39 Å². The Balaban J connectivity index is 2.31. The smallest absolute Gasteiger partial charge is 0.124 e. The van der Waals surface area contributed by atoms with Gasteiger partial charge in [-0.25, -0.2) is 4.39 Å². The molecule has 0 spiro atoms. The summed E-state index contributed by atoms with van der Waals surface area (Å²) in [6.07, 6.45) is 4.17. The van der Waals surface area contributed by atoms with Crippen LogP contribution < -0.4 is 5.32 Å². The molecule has 98 valence electrons. The lowest BCUT2D eigenvalue weighted by atomic mass is 10.0. The zero-order valence-electron chi connectivity index (χ0n) is 10.4. The topological polar surface area (TPSA) is 21.3 Å². The van der Waals surface area contributed by atoms with Crippen molar-refractivity contribution in [2.45, 2.75) is 25.8 Å². The van der Waals surface area contributed by atoms with E-state index in [-0.39, 0.29) is 11.9 Å². The van der Waals surface area contributed by atoms with Gasteiger partial charge in [-0.1, -0.05) is 22.9 Å². The molecule has 0 fully saturated rings. The molecule has 0 aromatic heterocycles. The second-order valence-corrected chi connectivity index (χ2v) is 5.21. The fourth-order valence-electron chi connectivity index (χ4n) is 2.11. The average Bonchev–Trinajstić information content (AvgIpc) is 2.36. The van der Waals surface area contributed by atoms with Gasteiger partial charge in [0.15, 0.2) is 0 Å². The summed E-state index contributed by atoms with van der Waals surface area (Å²) in [5, 5.41) is 3.34. The van der Waals surface area contributed by atoms with Crippen molar-refractivity contribution < 1.29 is 9.13 Å². The third-order valence-electron chi connectivity index (χ3n) is 2.87. The number of benzene rings is 1. The SMILES string of the molecule is CCNC(C1=CCCCO1)c1cc(F)cc(Br)c1. The lowest BCUT2D eigenvalue weighted by Gasteiger charge is -2.25. The van der Waals surface area contributed by atoms with Crippen molar-refractivity contribution in [2.24, 2.45) is 0 Å². The Bertz CT molecular complexity index is 427. The number of halogens is 2. The van der Waals surface area contributed by atoms with Gasteiger partial charge in [0, 0.05) is 4.47 Å². The molecule has 1 aromatic rings. The van der Waals surface area contributed by atoms with E-state index in [0.29, 0.717) is 0 Å². The van der Waals surface area contributed by atoms with Crippen LogP contribution in [0.1, 0.15) is 31.4 Å². The summed E-state index contributed by atoms with van der Waals surface area (Å²) in [6, 6.07) is 4.87. The molecule has 1 heterocycles. The Hall–Kier alpha value is -0.870. The van der Waals surface area contributed by atoms with Crippen LogP contribution in [0.5, 0.6) is 0 Å². The molecule has 0 amide bonds. The number of nitrogens with one attached hydrogen (secondary N) is 1. The molecular formula is C14H17BrFNO. The molecule has 0 saturated heterocycles. The Morgan fingerprint density at radius 3 is 2.89 bits per heavy atom. The maximum Gasteiger partial charge on any atom is 0.124 e. The number of likely N-dealkylation sites (N-methyl/N-ethyl adjacent to an activating group) is 1. The van der Waals surface area contributed by atoms with Crippen molar-refractivity contribution in [3.05, 3.63) is 45.9 Å². The van der Waals surface area contributed by atoms with E-state index in [2.05, 4.69) is 27.3 Å². The van der Waals surface area contributed by atoms with Crippen molar-refractivity contribution in [3.63, 3.8) is 0 Å². The minimum absolute atomic E-state index is 0.0673. The molecule has 1 aromatic carbocycles. The number of allylic oxidation sites excluding steroid dienone is 1. The molecule has 2 rings (SSSR count). The van der Waals surface area contributed by atoms with Gasteiger partial charge in [-0.2, -0.15) is 0 Å². The molecule has 1 N–H and O–H groups in total. The van der Waals surface area contributed by atoms with Crippen LogP contribution >= 0.6 is 15.9 Å². The third kappa shape index (κ3) is 3.33. The highest BCUT2D eigenvalue weighted by molar-refractivity contribution is 9.10. The summed E-state index contributed by atoms with van der Waals surface area (Å²) in [6.45, 7) is 3.58. The Labute approximate surface area is 115 Å². The van der Waals surface area contributed by atoms with Crippen molar-refractivity contribution in [1.82, 2.24) is 5.32 Å². The first-order valence-corrected chi connectivity index (χ1v) is 7.02. The lowest BCUT2D eigenvalue weighted by molar-refractivity contribution is 0.168. The van der Waals surface area contributed by atoms with Crippen molar-refractivity contribution in [1.29, 1.82) is 0 Å². The lowest BCUT2D eigenvalue weighted by Crippen LogP contribution is -2.25. The van der Waals surface area contributed by atoms with Gasteiger partial charge in [-0.15, -0.1) is 0 Å². The van der Waals surface area contributed by atoms with E-state index in [0.717, 1.165) is 41.8 Å². The molecular weight excluding hydrogens is 297 g/mol. The number of rotatable bonds is 4. The highest BCUT2D eigenvalue weighted by atomic mass is 79.9. The molecule has 1 aliphatic heterocycles. The molecule has 18 heavy (non-hydrogen) atoms. The highest BCUT2D eigenvalue weighted by Gasteiger charge is 2.20. The Morgan fingerprint density at radius 1 is 1.44 bits per heavy atom.